The molecule has 3 aromatic carbocycles. The molecule has 3 rings (SSSR count). The number of amides is 2. The highest BCUT2D eigenvalue weighted by molar-refractivity contribution is 5.99. The number of hydrogen-bond acceptors (Lipinski definition) is 4. The third kappa shape index (κ3) is 8.81. The molecule has 0 bridgehead atoms. The fourth-order valence-corrected chi connectivity index (χ4v) is 2.48. The van der Waals surface area contributed by atoms with Crippen molar-refractivity contribution >= 4 is 23.1 Å². The van der Waals surface area contributed by atoms with Gasteiger partial charge in [-0.25, -0.2) is 4.79 Å². The number of benzene rings is 3. The van der Waals surface area contributed by atoms with Crippen LogP contribution in [-0.2, 0) is 6.18 Å². The number of nitrogens with zero attached hydrogens (tertiary/aromatic N) is 1. The molecule has 2 amide bonds. The van der Waals surface area contributed by atoms with Gasteiger partial charge in [-0.15, -0.1) is 0 Å². The summed E-state index contributed by atoms with van der Waals surface area (Å²) < 4.78 is 43.9. The summed E-state index contributed by atoms with van der Waals surface area (Å²) in [5.74, 6) is 0.701. The minimum atomic E-state index is -4.52. The van der Waals surface area contributed by atoms with Gasteiger partial charge in [0, 0.05) is 29.6 Å². The number of alkyl halides is 3. The van der Waals surface area contributed by atoms with Gasteiger partial charge in [0.25, 0.3) is 5.69 Å². The lowest BCUT2D eigenvalue weighted by atomic mass is 10.2. The first-order valence-electron chi connectivity index (χ1n) is 10.5. The summed E-state index contributed by atoms with van der Waals surface area (Å²) in [7, 11) is 0. The maximum absolute atomic E-state index is 12.8. The van der Waals surface area contributed by atoms with Crippen molar-refractivity contribution < 1.29 is 27.6 Å². The van der Waals surface area contributed by atoms with E-state index in [1.54, 1.807) is 18.2 Å². The van der Waals surface area contributed by atoms with Gasteiger partial charge in [-0.1, -0.05) is 39.8 Å². The zero-order valence-electron chi connectivity index (χ0n) is 19.1. The third-order valence-electron chi connectivity index (χ3n) is 3.82. The van der Waals surface area contributed by atoms with E-state index >= 15 is 0 Å². The Kier molecular flexibility index (Phi) is 11.1. The minimum Gasteiger partial charge on any atom is -0.457 e. The molecule has 0 saturated heterocycles. The van der Waals surface area contributed by atoms with Gasteiger partial charge in [-0.05, 0) is 42.5 Å². The van der Waals surface area contributed by atoms with Crippen LogP contribution < -0.4 is 15.4 Å². The van der Waals surface area contributed by atoms with Crippen LogP contribution in [0, 0.1) is 10.1 Å². The Hall–Kier alpha value is -4.08. The fraction of sp³-hybridized carbons (Fsp3) is 0.208. The van der Waals surface area contributed by atoms with E-state index in [0.717, 1.165) is 12.1 Å². The maximum Gasteiger partial charge on any atom is 0.416 e. The first kappa shape index (κ1) is 28.0. The van der Waals surface area contributed by atoms with Gasteiger partial charge in [0.1, 0.15) is 11.5 Å². The van der Waals surface area contributed by atoms with Crippen LogP contribution in [0.1, 0.15) is 33.3 Å². The number of urea groups is 1. The number of nitro benzene ring substituents is 1. The van der Waals surface area contributed by atoms with Gasteiger partial charge in [0.15, 0.2) is 0 Å². The van der Waals surface area contributed by atoms with Crippen molar-refractivity contribution in [1.82, 2.24) is 0 Å². The molecule has 182 valence electrons. The number of hydrogen-bond donors (Lipinski definition) is 2. The number of anilines is 2. The Morgan fingerprint density at radius 1 is 0.824 bits per heavy atom. The zero-order chi connectivity index (χ0) is 25.7. The molecule has 0 fully saturated rings. The lowest BCUT2D eigenvalue weighted by molar-refractivity contribution is -0.384. The minimum absolute atomic E-state index is 0.0133. The molecule has 7 nitrogen and oxygen atoms in total. The largest absolute Gasteiger partial charge is 0.457 e. The third-order valence-corrected chi connectivity index (χ3v) is 3.82. The number of carbonyl (C=O) groups is 1. The van der Waals surface area contributed by atoms with Crippen LogP contribution in [0.25, 0.3) is 0 Å². The lowest BCUT2D eigenvalue weighted by Crippen LogP contribution is -2.19. The van der Waals surface area contributed by atoms with Gasteiger partial charge in [-0.2, -0.15) is 13.2 Å². The van der Waals surface area contributed by atoms with Gasteiger partial charge in [-0.3, -0.25) is 10.1 Å². The SMILES string of the molecule is CC.CC.O=C(Nc1cccc(Oc2ccc([N+](=O)[O-])cc2)c1)Nc1cccc(C(F)(F)F)c1. The Morgan fingerprint density at radius 3 is 1.88 bits per heavy atom. The van der Waals surface area contributed by atoms with Crippen molar-refractivity contribution in [1.29, 1.82) is 0 Å². The molecule has 0 radical (unpaired) electrons. The summed E-state index contributed by atoms with van der Waals surface area (Å²) in [4.78, 5) is 22.3. The van der Waals surface area contributed by atoms with E-state index in [9.17, 15) is 28.1 Å². The molecule has 0 heterocycles. The number of rotatable bonds is 5. The van der Waals surface area contributed by atoms with Crippen molar-refractivity contribution in [3.63, 3.8) is 0 Å². The summed E-state index contributed by atoms with van der Waals surface area (Å²) in [5, 5.41) is 15.5. The summed E-state index contributed by atoms with van der Waals surface area (Å²) >= 11 is 0. The predicted octanol–water partition coefficient (Wildman–Crippen LogP) is 8.10. The highest BCUT2D eigenvalue weighted by atomic mass is 19.4. The van der Waals surface area contributed by atoms with Gasteiger partial charge in [0.2, 0.25) is 0 Å². The van der Waals surface area contributed by atoms with Gasteiger partial charge < -0.3 is 15.4 Å². The second-order valence-corrected chi connectivity index (χ2v) is 6.04. The molecule has 0 aliphatic carbocycles. The van der Waals surface area contributed by atoms with Crippen LogP contribution >= 0.6 is 0 Å². The molecule has 0 spiro atoms. The highest BCUT2D eigenvalue weighted by Gasteiger charge is 2.30. The first-order chi connectivity index (χ1) is 16.2. The molecule has 10 heteroatoms. The normalized spacial score (nSPS) is 9.97. The quantitative estimate of drug-likeness (QED) is 0.287. The second kappa shape index (κ2) is 13.5. The Labute approximate surface area is 195 Å². The molecule has 0 saturated carbocycles. The molecule has 34 heavy (non-hydrogen) atoms. The molecule has 0 aromatic heterocycles. The average Bonchev–Trinajstić information content (AvgIpc) is 2.82. The summed E-state index contributed by atoms with van der Waals surface area (Å²) in [6.07, 6.45) is -4.52. The van der Waals surface area contributed by atoms with Crippen molar-refractivity contribution in [2.45, 2.75) is 33.9 Å². The Balaban J connectivity index is 0.00000137. The van der Waals surface area contributed by atoms with E-state index in [4.69, 9.17) is 4.74 Å². The van der Waals surface area contributed by atoms with Crippen LogP contribution in [0.15, 0.2) is 72.8 Å². The number of ether oxygens (including phenoxy) is 1. The smallest absolute Gasteiger partial charge is 0.416 e. The van der Waals surface area contributed by atoms with Crippen LogP contribution in [0.5, 0.6) is 11.5 Å². The Bertz CT molecular complexity index is 1070. The number of carbonyl (C=O) groups excluding carboxylic acids is 1. The predicted molar refractivity (Wildman–Crippen MR) is 126 cm³/mol. The summed E-state index contributed by atoms with van der Waals surface area (Å²) in [5.41, 5.74) is -0.637. The van der Waals surface area contributed by atoms with Crippen LogP contribution in [0.4, 0.5) is 35.0 Å². The highest BCUT2D eigenvalue weighted by Crippen LogP contribution is 2.31. The zero-order valence-corrected chi connectivity index (χ0v) is 19.1. The fourth-order valence-electron chi connectivity index (χ4n) is 2.48. The molecule has 0 aliphatic heterocycles. The Morgan fingerprint density at radius 2 is 1.35 bits per heavy atom. The van der Waals surface area contributed by atoms with E-state index in [2.05, 4.69) is 10.6 Å². The average molecular weight is 477 g/mol. The van der Waals surface area contributed by atoms with Crippen molar-refractivity contribution in [2.24, 2.45) is 0 Å². The van der Waals surface area contributed by atoms with E-state index in [1.165, 1.54) is 42.5 Å². The lowest BCUT2D eigenvalue weighted by Gasteiger charge is -2.11. The number of nitrogens with one attached hydrogen (secondary N) is 2. The molecule has 0 unspecified atom stereocenters. The number of nitro groups is 1. The number of halogens is 3. The molecule has 0 aliphatic rings. The van der Waals surface area contributed by atoms with E-state index in [0.29, 0.717) is 17.2 Å². The van der Waals surface area contributed by atoms with E-state index in [-0.39, 0.29) is 11.4 Å². The maximum atomic E-state index is 12.8. The topological polar surface area (TPSA) is 93.5 Å². The molecular formula is C24H26F3N3O4. The molecular weight excluding hydrogens is 451 g/mol. The molecule has 0 atom stereocenters. The van der Waals surface area contributed by atoms with Crippen LogP contribution in [0.3, 0.4) is 0 Å². The van der Waals surface area contributed by atoms with E-state index < -0.39 is 22.7 Å². The molecule has 2 N–H and O–H groups in total. The number of non-ortho nitro benzene ring substituents is 1. The molecule has 3 aromatic rings. The van der Waals surface area contributed by atoms with Gasteiger partial charge >= 0.3 is 12.2 Å². The van der Waals surface area contributed by atoms with Crippen LogP contribution in [-0.4, -0.2) is 11.0 Å². The van der Waals surface area contributed by atoms with Crippen molar-refractivity contribution in [3.05, 3.63) is 88.5 Å². The summed E-state index contributed by atoms with van der Waals surface area (Å²) in [6.45, 7) is 8.00. The second-order valence-electron chi connectivity index (χ2n) is 6.04. The first-order valence-corrected chi connectivity index (χ1v) is 10.5. The summed E-state index contributed by atoms with van der Waals surface area (Å²) in [6, 6.07) is 15.2. The monoisotopic (exact) mass is 477 g/mol. The van der Waals surface area contributed by atoms with E-state index in [1.807, 2.05) is 27.7 Å². The van der Waals surface area contributed by atoms with Crippen LogP contribution in [0.2, 0.25) is 0 Å². The van der Waals surface area contributed by atoms with Gasteiger partial charge in [0.05, 0.1) is 10.5 Å². The van der Waals surface area contributed by atoms with Crippen molar-refractivity contribution in [3.8, 4) is 11.5 Å². The van der Waals surface area contributed by atoms with Crippen molar-refractivity contribution in [2.75, 3.05) is 10.6 Å². The standard InChI is InChI=1S/C20H14F3N3O4.2C2H6/c21-20(22,23)13-3-1-4-14(11-13)24-19(27)25-15-5-2-6-18(12-15)30-17-9-7-16(8-10-17)26(28)29;2*1-2/h1-12H,(H2,24,25,27);2*1-2H3.